The number of phenolic OH excluding ortho intramolecular Hbond substituents is 1. The third-order valence-corrected chi connectivity index (χ3v) is 4.65. The number of phenols is 1. The third-order valence-electron chi connectivity index (χ3n) is 4.65. The monoisotopic (exact) mass is 342 g/mol. The highest BCUT2D eigenvalue weighted by molar-refractivity contribution is 5.31. The molecule has 25 heavy (non-hydrogen) atoms. The Bertz CT molecular complexity index is 619. The van der Waals surface area contributed by atoms with E-state index in [2.05, 4.69) is 26.0 Å². The standard InChI is InChI=1S/C22H30O3/c1-5-18(15-16(3)19-7-11-21(23)12-8-19)20-9-13-22(14-10-20)25-17(4)24-6-2/h7-14,16-18,23H,5-6,15H2,1-4H3. The lowest BCUT2D eigenvalue weighted by Crippen LogP contribution is -2.15. The van der Waals surface area contributed by atoms with Crippen LogP contribution in [0.1, 0.15) is 63.5 Å². The fourth-order valence-electron chi connectivity index (χ4n) is 3.18. The molecule has 0 aliphatic heterocycles. The van der Waals surface area contributed by atoms with Crippen LogP contribution in [0.15, 0.2) is 48.5 Å². The second kappa shape index (κ2) is 9.47. The van der Waals surface area contributed by atoms with Gasteiger partial charge in [-0.1, -0.05) is 38.1 Å². The maximum Gasteiger partial charge on any atom is 0.196 e. The Morgan fingerprint density at radius 1 is 0.880 bits per heavy atom. The van der Waals surface area contributed by atoms with E-state index < -0.39 is 0 Å². The molecule has 0 aliphatic rings. The van der Waals surface area contributed by atoms with Gasteiger partial charge in [0.15, 0.2) is 6.29 Å². The summed E-state index contributed by atoms with van der Waals surface area (Å²) in [6.45, 7) is 8.99. The van der Waals surface area contributed by atoms with Gasteiger partial charge in [0.05, 0.1) is 0 Å². The van der Waals surface area contributed by atoms with E-state index >= 15 is 0 Å². The second-order valence-corrected chi connectivity index (χ2v) is 6.54. The minimum absolute atomic E-state index is 0.229. The summed E-state index contributed by atoms with van der Waals surface area (Å²) in [7, 11) is 0. The molecule has 0 heterocycles. The van der Waals surface area contributed by atoms with E-state index in [0.29, 0.717) is 24.2 Å². The van der Waals surface area contributed by atoms with Crippen molar-refractivity contribution in [3.05, 3.63) is 59.7 Å². The molecule has 3 unspecified atom stereocenters. The fourth-order valence-corrected chi connectivity index (χ4v) is 3.18. The van der Waals surface area contributed by atoms with Crippen molar-refractivity contribution in [3.8, 4) is 11.5 Å². The van der Waals surface area contributed by atoms with Gasteiger partial charge in [-0.05, 0) is 73.9 Å². The summed E-state index contributed by atoms with van der Waals surface area (Å²) < 4.78 is 11.2. The zero-order valence-electron chi connectivity index (χ0n) is 15.7. The van der Waals surface area contributed by atoms with E-state index in [4.69, 9.17) is 9.47 Å². The molecule has 136 valence electrons. The van der Waals surface area contributed by atoms with Crippen molar-refractivity contribution in [1.82, 2.24) is 0 Å². The second-order valence-electron chi connectivity index (χ2n) is 6.54. The molecule has 0 saturated carbocycles. The molecule has 1 N–H and O–H groups in total. The van der Waals surface area contributed by atoms with E-state index in [1.54, 1.807) is 12.1 Å². The van der Waals surface area contributed by atoms with Gasteiger partial charge in [0.25, 0.3) is 0 Å². The van der Waals surface area contributed by atoms with E-state index in [1.807, 2.05) is 38.1 Å². The van der Waals surface area contributed by atoms with Crippen LogP contribution < -0.4 is 4.74 Å². The number of ether oxygens (including phenoxy) is 2. The lowest BCUT2D eigenvalue weighted by Gasteiger charge is -2.21. The van der Waals surface area contributed by atoms with Crippen LogP contribution in [0.2, 0.25) is 0 Å². The van der Waals surface area contributed by atoms with Crippen molar-refractivity contribution in [2.45, 2.75) is 58.7 Å². The van der Waals surface area contributed by atoms with Crippen LogP contribution in [0.3, 0.4) is 0 Å². The Hall–Kier alpha value is -2.00. The highest BCUT2D eigenvalue weighted by atomic mass is 16.7. The first-order chi connectivity index (χ1) is 12.0. The molecule has 0 saturated heterocycles. The predicted octanol–water partition coefficient (Wildman–Crippen LogP) is 5.84. The van der Waals surface area contributed by atoms with Gasteiger partial charge >= 0.3 is 0 Å². The Balaban J connectivity index is 2.00. The molecule has 0 aromatic heterocycles. The first-order valence-corrected chi connectivity index (χ1v) is 9.20. The Labute approximate surface area is 151 Å². The van der Waals surface area contributed by atoms with Crippen LogP contribution in [0, 0.1) is 0 Å². The quantitative estimate of drug-likeness (QED) is 0.582. The van der Waals surface area contributed by atoms with Crippen LogP contribution in [-0.2, 0) is 4.74 Å². The summed E-state index contributed by atoms with van der Waals surface area (Å²) in [6, 6.07) is 15.9. The smallest absolute Gasteiger partial charge is 0.196 e. The van der Waals surface area contributed by atoms with Crippen LogP contribution in [0.5, 0.6) is 11.5 Å². The molecular weight excluding hydrogens is 312 g/mol. The average molecular weight is 342 g/mol. The molecule has 0 radical (unpaired) electrons. The highest BCUT2D eigenvalue weighted by Gasteiger charge is 2.15. The zero-order chi connectivity index (χ0) is 18.2. The lowest BCUT2D eigenvalue weighted by molar-refractivity contribution is -0.0613. The maximum absolute atomic E-state index is 9.45. The van der Waals surface area contributed by atoms with Gasteiger partial charge in [0, 0.05) is 6.61 Å². The molecule has 3 heteroatoms. The van der Waals surface area contributed by atoms with Gasteiger partial charge in [0.2, 0.25) is 0 Å². The van der Waals surface area contributed by atoms with Crippen molar-refractivity contribution in [3.63, 3.8) is 0 Å². The molecule has 2 aromatic rings. The molecule has 3 atom stereocenters. The molecule has 2 rings (SSSR count). The van der Waals surface area contributed by atoms with Gasteiger partial charge in [0.1, 0.15) is 11.5 Å². The van der Waals surface area contributed by atoms with Crippen molar-refractivity contribution in [1.29, 1.82) is 0 Å². The van der Waals surface area contributed by atoms with Gasteiger partial charge in [-0.25, -0.2) is 0 Å². The summed E-state index contributed by atoms with van der Waals surface area (Å²) in [4.78, 5) is 0. The number of aromatic hydroxyl groups is 1. The molecule has 0 spiro atoms. The Morgan fingerprint density at radius 2 is 1.48 bits per heavy atom. The SMILES string of the molecule is CCOC(C)Oc1ccc(C(CC)CC(C)c2ccc(O)cc2)cc1. The number of benzene rings is 2. The predicted molar refractivity (Wildman–Crippen MR) is 102 cm³/mol. The highest BCUT2D eigenvalue weighted by Crippen LogP contribution is 2.33. The van der Waals surface area contributed by atoms with Crippen molar-refractivity contribution < 1.29 is 14.6 Å². The van der Waals surface area contributed by atoms with E-state index in [1.165, 1.54) is 11.1 Å². The topological polar surface area (TPSA) is 38.7 Å². The Morgan fingerprint density at radius 3 is 2.04 bits per heavy atom. The van der Waals surface area contributed by atoms with E-state index in [0.717, 1.165) is 18.6 Å². The Kier molecular flexibility index (Phi) is 7.32. The third kappa shape index (κ3) is 5.79. The van der Waals surface area contributed by atoms with Crippen LogP contribution in [0.4, 0.5) is 0 Å². The summed E-state index contributed by atoms with van der Waals surface area (Å²) in [5.74, 6) is 2.10. The maximum atomic E-state index is 9.45. The number of hydrogen-bond acceptors (Lipinski definition) is 3. The van der Waals surface area contributed by atoms with E-state index in [9.17, 15) is 5.11 Å². The van der Waals surface area contributed by atoms with Gasteiger partial charge in [-0.3, -0.25) is 0 Å². The minimum atomic E-state index is -0.229. The lowest BCUT2D eigenvalue weighted by atomic mass is 9.84. The van der Waals surface area contributed by atoms with Crippen LogP contribution >= 0.6 is 0 Å². The van der Waals surface area contributed by atoms with Gasteiger partial charge < -0.3 is 14.6 Å². The first-order valence-electron chi connectivity index (χ1n) is 9.20. The summed E-state index contributed by atoms with van der Waals surface area (Å²) >= 11 is 0. The molecule has 0 amide bonds. The summed E-state index contributed by atoms with van der Waals surface area (Å²) in [6.07, 6.45) is 1.95. The zero-order valence-corrected chi connectivity index (χ0v) is 15.7. The van der Waals surface area contributed by atoms with Crippen molar-refractivity contribution >= 4 is 0 Å². The fraction of sp³-hybridized carbons (Fsp3) is 0.455. The summed E-state index contributed by atoms with van der Waals surface area (Å²) in [5, 5.41) is 9.45. The van der Waals surface area contributed by atoms with Crippen molar-refractivity contribution in [2.75, 3.05) is 6.61 Å². The van der Waals surface area contributed by atoms with Crippen molar-refractivity contribution in [2.24, 2.45) is 0 Å². The molecule has 3 nitrogen and oxygen atoms in total. The summed E-state index contributed by atoms with van der Waals surface area (Å²) in [5.41, 5.74) is 2.60. The van der Waals surface area contributed by atoms with Gasteiger partial charge in [-0.15, -0.1) is 0 Å². The largest absolute Gasteiger partial charge is 0.508 e. The molecule has 0 fully saturated rings. The molecule has 2 aromatic carbocycles. The average Bonchev–Trinajstić information content (AvgIpc) is 2.61. The van der Waals surface area contributed by atoms with E-state index in [-0.39, 0.29) is 6.29 Å². The van der Waals surface area contributed by atoms with Crippen LogP contribution in [-0.4, -0.2) is 18.0 Å². The number of rotatable bonds is 9. The van der Waals surface area contributed by atoms with Crippen LogP contribution in [0.25, 0.3) is 0 Å². The normalized spacial score (nSPS) is 14.7. The van der Waals surface area contributed by atoms with Gasteiger partial charge in [-0.2, -0.15) is 0 Å². The number of hydrogen-bond donors (Lipinski definition) is 1. The first kappa shape index (κ1) is 19.3. The molecule has 0 bridgehead atoms. The molecular formula is C22H30O3. The molecule has 0 aliphatic carbocycles. The minimum Gasteiger partial charge on any atom is -0.508 e.